The van der Waals surface area contributed by atoms with E-state index < -0.39 is 0 Å². The molecule has 1 aliphatic carbocycles. The average Bonchev–Trinajstić information content (AvgIpc) is 2.40. The van der Waals surface area contributed by atoms with Crippen LogP contribution in [0.25, 0.3) is 0 Å². The molecule has 2 nitrogen and oxygen atoms in total. The van der Waals surface area contributed by atoms with Crippen LogP contribution >= 0.6 is 0 Å². The molecule has 1 saturated carbocycles. The molecular weight excluding hydrogens is 236 g/mol. The van der Waals surface area contributed by atoms with Gasteiger partial charge in [0.1, 0.15) is 5.75 Å². The lowest BCUT2D eigenvalue weighted by Gasteiger charge is -2.28. The minimum atomic E-state index is -0.266. The average molecular weight is 258 g/mol. The molecule has 0 radical (unpaired) electrons. The number of allylic oxidation sites excluding steroid dienone is 1. The number of hydrogen-bond acceptors (Lipinski definition) is 2. The fourth-order valence-corrected chi connectivity index (χ4v) is 2.94. The van der Waals surface area contributed by atoms with Gasteiger partial charge in [-0.1, -0.05) is 18.2 Å². The van der Waals surface area contributed by atoms with Gasteiger partial charge in [-0.25, -0.2) is 0 Å². The van der Waals surface area contributed by atoms with Gasteiger partial charge in [-0.2, -0.15) is 0 Å². The van der Waals surface area contributed by atoms with Crippen molar-refractivity contribution in [3.05, 3.63) is 42.5 Å². The first-order chi connectivity index (χ1) is 9.19. The Morgan fingerprint density at radius 3 is 2.42 bits per heavy atom. The second-order valence-electron chi connectivity index (χ2n) is 5.40. The number of carbonyl (C=O) groups excluding carboxylic acids is 1. The van der Waals surface area contributed by atoms with Crippen molar-refractivity contribution in [1.29, 1.82) is 0 Å². The van der Waals surface area contributed by atoms with Crippen molar-refractivity contribution in [2.45, 2.75) is 44.9 Å². The zero-order valence-corrected chi connectivity index (χ0v) is 11.6. The fraction of sp³-hybridized carbons (Fsp3) is 0.471. The first-order valence-electron chi connectivity index (χ1n) is 7.08. The maximum Gasteiger partial charge on any atom is 0.308 e. The van der Waals surface area contributed by atoms with Gasteiger partial charge in [0.2, 0.25) is 0 Å². The van der Waals surface area contributed by atoms with E-state index in [2.05, 4.69) is 18.7 Å². The molecular formula is C17H22O2. The molecule has 0 bridgehead atoms. The Labute approximate surface area is 115 Å². The highest BCUT2D eigenvalue weighted by atomic mass is 16.5. The first-order valence-corrected chi connectivity index (χ1v) is 7.08. The molecule has 1 aromatic carbocycles. The first kappa shape index (κ1) is 13.9. The normalized spacial score (nSPS) is 22.8. The fourth-order valence-electron chi connectivity index (χ4n) is 2.94. The standard InChI is InChI=1S/C17H22O2/c1-3-4-14-5-7-15(8-6-14)16-9-11-17(12-10-16)19-13(2)18/h3,9-12,14-15H,1,4-8H2,2H3. The Morgan fingerprint density at radius 2 is 1.89 bits per heavy atom. The Bertz CT molecular complexity index is 425. The Balaban J connectivity index is 1.92. The highest BCUT2D eigenvalue weighted by Crippen LogP contribution is 2.37. The van der Waals surface area contributed by atoms with E-state index in [1.807, 2.05) is 18.2 Å². The summed E-state index contributed by atoms with van der Waals surface area (Å²) >= 11 is 0. The smallest absolute Gasteiger partial charge is 0.308 e. The lowest BCUT2D eigenvalue weighted by Crippen LogP contribution is -2.12. The van der Waals surface area contributed by atoms with Crippen molar-refractivity contribution in [3.63, 3.8) is 0 Å². The van der Waals surface area contributed by atoms with Crippen LogP contribution in [0.1, 0.15) is 50.5 Å². The van der Waals surface area contributed by atoms with E-state index in [-0.39, 0.29) is 5.97 Å². The van der Waals surface area contributed by atoms with Gasteiger partial charge >= 0.3 is 5.97 Å². The van der Waals surface area contributed by atoms with Gasteiger partial charge in [0.25, 0.3) is 0 Å². The maximum absolute atomic E-state index is 10.9. The minimum Gasteiger partial charge on any atom is -0.427 e. The maximum atomic E-state index is 10.9. The number of ether oxygens (including phenoxy) is 1. The summed E-state index contributed by atoms with van der Waals surface area (Å²) in [5.41, 5.74) is 1.37. The van der Waals surface area contributed by atoms with Gasteiger partial charge in [-0.15, -0.1) is 6.58 Å². The molecule has 19 heavy (non-hydrogen) atoms. The summed E-state index contributed by atoms with van der Waals surface area (Å²) in [4.78, 5) is 10.9. The van der Waals surface area contributed by atoms with Crippen LogP contribution in [0.5, 0.6) is 5.75 Å². The third-order valence-corrected chi connectivity index (χ3v) is 3.96. The Hall–Kier alpha value is -1.57. The van der Waals surface area contributed by atoms with Crippen LogP contribution in [0.4, 0.5) is 0 Å². The van der Waals surface area contributed by atoms with Crippen molar-refractivity contribution in [3.8, 4) is 5.75 Å². The molecule has 0 aliphatic heterocycles. The zero-order valence-electron chi connectivity index (χ0n) is 11.6. The van der Waals surface area contributed by atoms with Crippen molar-refractivity contribution in [1.82, 2.24) is 0 Å². The van der Waals surface area contributed by atoms with E-state index in [0.717, 1.165) is 12.3 Å². The second kappa shape index (κ2) is 6.55. The van der Waals surface area contributed by atoms with Crippen LogP contribution in [-0.2, 0) is 4.79 Å². The van der Waals surface area contributed by atoms with E-state index in [4.69, 9.17) is 4.74 Å². The SMILES string of the molecule is C=CCC1CCC(c2ccc(OC(C)=O)cc2)CC1. The summed E-state index contributed by atoms with van der Waals surface area (Å²) in [6.07, 6.45) is 8.29. The van der Waals surface area contributed by atoms with E-state index in [0.29, 0.717) is 11.7 Å². The third-order valence-electron chi connectivity index (χ3n) is 3.96. The van der Waals surface area contributed by atoms with Gasteiger partial charge in [-0.05, 0) is 61.6 Å². The van der Waals surface area contributed by atoms with Gasteiger partial charge in [-0.3, -0.25) is 4.79 Å². The Morgan fingerprint density at radius 1 is 1.26 bits per heavy atom. The van der Waals surface area contributed by atoms with Crippen LogP contribution in [0.3, 0.4) is 0 Å². The molecule has 0 heterocycles. The topological polar surface area (TPSA) is 26.3 Å². The van der Waals surface area contributed by atoms with Crippen molar-refractivity contribution < 1.29 is 9.53 Å². The minimum absolute atomic E-state index is 0.266. The van der Waals surface area contributed by atoms with Crippen LogP contribution in [0, 0.1) is 5.92 Å². The predicted octanol–water partition coefficient (Wildman–Crippen LogP) is 4.46. The molecule has 0 amide bonds. The summed E-state index contributed by atoms with van der Waals surface area (Å²) in [5, 5.41) is 0. The number of esters is 1. The lowest BCUT2D eigenvalue weighted by molar-refractivity contribution is -0.131. The van der Waals surface area contributed by atoms with E-state index in [9.17, 15) is 4.79 Å². The summed E-state index contributed by atoms with van der Waals surface area (Å²) in [5.74, 6) is 1.86. The van der Waals surface area contributed by atoms with Gasteiger partial charge < -0.3 is 4.74 Å². The largest absolute Gasteiger partial charge is 0.427 e. The molecule has 1 aliphatic rings. The molecule has 1 aromatic rings. The summed E-state index contributed by atoms with van der Waals surface area (Å²) in [7, 11) is 0. The number of rotatable bonds is 4. The summed E-state index contributed by atoms with van der Waals surface area (Å²) in [6.45, 7) is 5.25. The molecule has 2 rings (SSSR count). The summed E-state index contributed by atoms with van der Waals surface area (Å²) < 4.78 is 5.06. The third kappa shape index (κ3) is 3.95. The Kier molecular flexibility index (Phi) is 4.78. The van der Waals surface area contributed by atoms with Crippen molar-refractivity contribution in [2.75, 3.05) is 0 Å². The number of benzene rings is 1. The molecule has 0 spiro atoms. The molecule has 1 fully saturated rings. The van der Waals surface area contributed by atoms with Crippen LogP contribution in [0.2, 0.25) is 0 Å². The molecule has 0 N–H and O–H groups in total. The molecule has 0 saturated heterocycles. The van der Waals surface area contributed by atoms with Crippen LogP contribution < -0.4 is 4.74 Å². The summed E-state index contributed by atoms with van der Waals surface area (Å²) in [6, 6.07) is 7.98. The zero-order chi connectivity index (χ0) is 13.7. The molecule has 0 aromatic heterocycles. The van der Waals surface area contributed by atoms with Crippen molar-refractivity contribution in [2.24, 2.45) is 5.92 Å². The predicted molar refractivity (Wildman–Crippen MR) is 77.3 cm³/mol. The highest BCUT2D eigenvalue weighted by molar-refractivity contribution is 5.69. The molecule has 102 valence electrons. The highest BCUT2D eigenvalue weighted by Gasteiger charge is 2.21. The van der Waals surface area contributed by atoms with Gasteiger partial charge in [0, 0.05) is 6.92 Å². The van der Waals surface area contributed by atoms with E-state index in [1.165, 1.54) is 38.2 Å². The lowest BCUT2D eigenvalue weighted by atomic mass is 9.77. The van der Waals surface area contributed by atoms with Gasteiger partial charge in [0.05, 0.1) is 0 Å². The quantitative estimate of drug-likeness (QED) is 0.453. The van der Waals surface area contributed by atoms with Crippen LogP contribution in [0.15, 0.2) is 36.9 Å². The number of hydrogen-bond donors (Lipinski definition) is 0. The van der Waals surface area contributed by atoms with E-state index in [1.54, 1.807) is 0 Å². The monoisotopic (exact) mass is 258 g/mol. The molecule has 0 unspecified atom stereocenters. The van der Waals surface area contributed by atoms with Crippen molar-refractivity contribution >= 4 is 5.97 Å². The second-order valence-corrected chi connectivity index (χ2v) is 5.40. The molecule has 2 heteroatoms. The number of carbonyl (C=O) groups is 1. The van der Waals surface area contributed by atoms with Crippen LogP contribution in [-0.4, -0.2) is 5.97 Å². The molecule has 0 atom stereocenters. The van der Waals surface area contributed by atoms with E-state index >= 15 is 0 Å². The van der Waals surface area contributed by atoms with Gasteiger partial charge in [0.15, 0.2) is 0 Å².